The highest BCUT2D eigenvalue weighted by Gasteiger charge is 2.11. The number of rotatable bonds is 2. The first-order valence-electron chi connectivity index (χ1n) is 5.06. The lowest BCUT2D eigenvalue weighted by Gasteiger charge is -2.06. The Labute approximate surface area is 107 Å². The van der Waals surface area contributed by atoms with Crippen molar-refractivity contribution >= 4 is 38.4 Å². The minimum atomic E-state index is -0.335. The average Bonchev–Trinajstić information content (AvgIpc) is 2.23. The quantitative estimate of drug-likeness (QED) is 0.780. The Bertz CT molecular complexity index is 542. The van der Waals surface area contributed by atoms with Gasteiger partial charge in [0.1, 0.15) is 11.3 Å². The maximum Gasteiger partial charge on any atom is 0.149 e. The van der Waals surface area contributed by atoms with Crippen molar-refractivity contribution < 1.29 is 4.39 Å². The summed E-state index contributed by atoms with van der Waals surface area (Å²) in [6.45, 7) is 2.05. The molecule has 2 rings (SSSR count). The number of aryl methyl sites for hydroxylation is 1. The van der Waals surface area contributed by atoms with Crippen molar-refractivity contribution in [1.82, 2.24) is 4.98 Å². The second-order valence-corrected chi connectivity index (χ2v) is 4.86. The van der Waals surface area contributed by atoms with E-state index >= 15 is 0 Å². The Kier molecular flexibility index (Phi) is 3.45. The molecule has 1 aromatic heterocycles. The molecule has 0 N–H and O–H groups in total. The fourth-order valence-corrected chi connectivity index (χ4v) is 2.62. The van der Waals surface area contributed by atoms with Crippen molar-refractivity contribution in [1.29, 1.82) is 0 Å². The smallest absolute Gasteiger partial charge is 0.149 e. The van der Waals surface area contributed by atoms with E-state index < -0.39 is 0 Å². The Hall–Kier alpha value is -0.670. The third-order valence-electron chi connectivity index (χ3n) is 2.37. The van der Waals surface area contributed by atoms with Crippen LogP contribution in [-0.2, 0) is 6.42 Å². The van der Waals surface area contributed by atoms with Gasteiger partial charge in [-0.25, -0.2) is 9.37 Å². The molecule has 0 saturated carbocycles. The molecule has 1 nitrogen and oxygen atoms in total. The van der Waals surface area contributed by atoms with E-state index in [0.29, 0.717) is 15.9 Å². The lowest BCUT2D eigenvalue weighted by Crippen LogP contribution is -1.93. The van der Waals surface area contributed by atoms with E-state index in [1.54, 1.807) is 12.1 Å². The predicted octanol–water partition coefficient (Wildman–Crippen LogP) is 4.74. The Balaban J connectivity index is 2.76. The number of fused-ring (bicyclic) bond motifs is 1. The summed E-state index contributed by atoms with van der Waals surface area (Å²) in [5.74, 6) is -0.335. The molecule has 84 valence electrons. The van der Waals surface area contributed by atoms with Gasteiger partial charge in [0.25, 0.3) is 0 Å². The minimum Gasteiger partial charge on any atom is -0.250 e. The molecule has 0 aliphatic rings. The van der Waals surface area contributed by atoms with E-state index in [2.05, 4.69) is 27.8 Å². The first-order chi connectivity index (χ1) is 7.63. The molecule has 16 heavy (non-hydrogen) atoms. The largest absolute Gasteiger partial charge is 0.250 e. The van der Waals surface area contributed by atoms with Crippen LogP contribution in [0, 0.1) is 5.82 Å². The van der Waals surface area contributed by atoms with Gasteiger partial charge in [0.15, 0.2) is 0 Å². The van der Waals surface area contributed by atoms with Crippen LogP contribution in [0.1, 0.15) is 19.0 Å². The summed E-state index contributed by atoms with van der Waals surface area (Å²) >= 11 is 9.49. The molecule has 0 fully saturated rings. The molecule has 0 saturated heterocycles. The van der Waals surface area contributed by atoms with Crippen molar-refractivity contribution in [2.75, 3.05) is 0 Å². The maximum atomic E-state index is 13.6. The average molecular weight is 303 g/mol. The standard InChI is InChI=1S/C12H10BrClFN/c1-2-3-7-6-9(14)11-8(13)4-5-10(15)12(11)16-7/h4-6H,2-3H2,1H3. The lowest BCUT2D eigenvalue weighted by atomic mass is 10.1. The Morgan fingerprint density at radius 1 is 1.44 bits per heavy atom. The highest BCUT2D eigenvalue weighted by atomic mass is 79.9. The van der Waals surface area contributed by atoms with Crippen molar-refractivity contribution in [2.45, 2.75) is 19.8 Å². The number of hydrogen-bond acceptors (Lipinski definition) is 1. The number of benzene rings is 1. The van der Waals surface area contributed by atoms with Crippen LogP contribution in [0.2, 0.25) is 5.02 Å². The van der Waals surface area contributed by atoms with E-state index in [1.807, 2.05) is 0 Å². The zero-order valence-electron chi connectivity index (χ0n) is 8.73. The zero-order chi connectivity index (χ0) is 11.7. The van der Waals surface area contributed by atoms with Crippen LogP contribution in [0.25, 0.3) is 10.9 Å². The molecule has 0 amide bonds. The van der Waals surface area contributed by atoms with Gasteiger partial charge < -0.3 is 0 Å². The second-order valence-electron chi connectivity index (χ2n) is 3.60. The van der Waals surface area contributed by atoms with Crippen LogP contribution in [-0.4, -0.2) is 4.98 Å². The van der Waals surface area contributed by atoms with Crippen molar-refractivity contribution in [3.63, 3.8) is 0 Å². The summed E-state index contributed by atoms with van der Waals surface area (Å²) < 4.78 is 14.4. The fraction of sp³-hybridized carbons (Fsp3) is 0.250. The molecule has 0 aliphatic heterocycles. The van der Waals surface area contributed by atoms with Crippen LogP contribution >= 0.6 is 27.5 Å². The number of halogens is 3. The van der Waals surface area contributed by atoms with E-state index in [9.17, 15) is 4.39 Å². The minimum absolute atomic E-state index is 0.335. The topological polar surface area (TPSA) is 12.9 Å². The summed E-state index contributed by atoms with van der Waals surface area (Å²) in [4.78, 5) is 4.30. The van der Waals surface area contributed by atoms with Crippen LogP contribution in [0.5, 0.6) is 0 Å². The summed E-state index contributed by atoms with van der Waals surface area (Å²) in [5.41, 5.74) is 1.17. The molecule has 4 heteroatoms. The van der Waals surface area contributed by atoms with Crippen molar-refractivity contribution in [2.24, 2.45) is 0 Å². The number of pyridine rings is 1. The molecule has 0 aliphatic carbocycles. The molecule has 2 aromatic rings. The third-order valence-corrected chi connectivity index (χ3v) is 3.33. The summed E-state index contributed by atoms with van der Waals surface area (Å²) in [7, 11) is 0. The molecule has 0 bridgehead atoms. The van der Waals surface area contributed by atoms with Crippen LogP contribution < -0.4 is 0 Å². The molecule has 0 atom stereocenters. The van der Waals surface area contributed by atoms with E-state index in [1.165, 1.54) is 6.07 Å². The molecule has 1 heterocycles. The summed E-state index contributed by atoms with van der Waals surface area (Å²) in [5, 5.41) is 1.18. The Morgan fingerprint density at radius 3 is 2.88 bits per heavy atom. The van der Waals surface area contributed by atoms with Crippen LogP contribution in [0.4, 0.5) is 4.39 Å². The van der Waals surface area contributed by atoms with E-state index in [0.717, 1.165) is 23.0 Å². The third kappa shape index (κ3) is 2.06. The van der Waals surface area contributed by atoms with Gasteiger partial charge in [-0.15, -0.1) is 0 Å². The molecule has 0 radical (unpaired) electrons. The maximum absolute atomic E-state index is 13.6. The van der Waals surface area contributed by atoms with Gasteiger partial charge in [0.2, 0.25) is 0 Å². The van der Waals surface area contributed by atoms with Gasteiger partial charge in [-0.05, 0) is 24.6 Å². The number of aromatic nitrogens is 1. The summed E-state index contributed by atoms with van der Waals surface area (Å²) in [6.07, 6.45) is 1.77. The van der Waals surface area contributed by atoms with Gasteiger partial charge in [0, 0.05) is 15.6 Å². The number of hydrogen-bond donors (Lipinski definition) is 0. The molecule has 0 spiro atoms. The van der Waals surface area contributed by atoms with Gasteiger partial charge >= 0.3 is 0 Å². The van der Waals surface area contributed by atoms with Gasteiger partial charge in [-0.1, -0.05) is 40.9 Å². The number of nitrogens with zero attached hydrogens (tertiary/aromatic N) is 1. The van der Waals surface area contributed by atoms with E-state index in [4.69, 9.17) is 11.6 Å². The second kappa shape index (κ2) is 4.68. The van der Waals surface area contributed by atoms with Crippen molar-refractivity contribution in [3.05, 3.63) is 39.2 Å². The van der Waals surface area contributed by atoms with Crippen LogP contribution in [0.15, 0.2) is 22.7 Å². The van der Waals surface area contributed by atoms with E-state index in [-0.39, 0.29) is 5.82 Å². The first kappa shape index (κ1) is 11.8. The van der Waals surface area contributed by atoms with Gasteiger partial charge in [0.05, 0.1) is 5.02 Å². The van der Waals surface area contributed by atoms with Crippen LogP contribution in [0.3, 0.4) is 0 Å². The Morgan fingerprint density at radius 2 is 2.19 bits per heavy atom. The van der Waals surface area contributed by atoms with Crippen molar-refractivity contribution in [3.8, 4) is 0 Å². The molecule has 1 aromatic carbocycles. The highest BCUT2D eigenvalue weighted by molar-refractivity contribution is 9.10. The highest BCUT2D eigenvalue weighted by Crippen LogP contribution is 2.31. The SMILES string of the molecule is CCCc1cc(Cl)c2c(Br)ccc(F)c2n1. The predicted molar refractivity (Wildman–Crippen MR) is 68.4 cm³/mol. The molecular formula is C12H10BrClFN. The zero-order valence-corrected chi connectivity index (χ0v) is 11.1. The monoisotopic (exact) mass is 301 g/mol. The fourth-order valence-electron chi connectivity index (χ4n) is 1.66. The molecular weight excluding hydrogens is 292 g/mol. The lowest BCUT2D eigenvalue weighted by molar-refractivity contribution is 0.636. The first-order valence-corrected chi connectivity index (χ1v) is 6.23. The summed E-state index contributed by atoms with van der Waals surface area (Å²) in [6, 6.07) is 4.84. The van der Waals surface area contributed by atoms with Gasteiger partial charge in [-0.3, -0.25) is 0 Å². The normalized spacial score (nSPS) is 11.0. The van der Waals surface area contributed by atoms with Gasteiger partial charge in [-0.2, -0.15) is 0 Å². The molecule has 0 unspecified atom stereocenters.